The van der Waals surface area contributed by atoms with E-state index in [2.05, 4.69) is 9.97 Å². The molecule has 0 aromatic carbocycles. The maximum atomic E-state index is 9.64. The lowest BCUT2D eigenvalue weighted by Gasteiger charge is -2.07. The highest BCUT2D eigenvalue weighted by Gasteiger charge is 2.07. The molecule has 0 amide bonds. The first-order chi connectivity index (χ1) is 8.20. The minimum Gasteiger partial charge on any atom is -0.387 e. The maximum absolute atomic E-state index is 9.64. The van der Waals surface area contributed by atoms with Crippen molar-refractivity contribution in [1.29, 1.82) is 0 Å². The normalized spacial score (nSPS) is 12.6. The summed E-state index contributed by atoms with van der Waals surface area (Å²) in [6, 6.07) is 3.82. The molecule has 1 N–H and O–H groups in total. The van der Waals surface area contributed by atoms with Crippen molar-refractivity contribution in [2.24, 2.45) is 7.05 Å². The summed E-state index contributed by atoms with van der Waals surface area (Å²) in [6.07, 6.45) is 5.66. The van der Waals surface area contributed by atoms with Crippen molar-refractivity contribution in [1.82, 2.24) is 14.5 Å². The van der Waals surface area contributed by atoms with Gasteiger partial charge in [-0.1, -0.05) is 18.7 Å². The van der Waals surface area contributed by atoms with Crippen LogP contribution in [-0.2, 0) is 7.05 Å². The summed E-state index contributed by atoms with van der Waals surface area (Å²) >= 11 is 1.56. The molecule has 4 nitrogen and oxygen atoms in total. The number of aliphatic hydroxyl groups is 1. The van der Waals surface area contributed by atoms with Gasteiger partial charge in [0.25, 0.3) is 0 Å². The van der Waals surface area contributed by atoms with Crippen LogP contribution in [0.3, 0.4) is 0 Å². The first-order valence-electron chi connectivity index (χ1n) is 5.50. The van der Waals surface area contributed by atoms with Crippen LogP contribution in [0.4, 0.5) is 0 Å². The number of aliphatic hydroxyl groups excluding tert-OH is 1. The Morgan fingerprint density at radius 3 is 2.76 bits per heavy atom. The van der Waals surface area contributed by atoms with Gasteiger partial charge in [0.05, 0.1) is 11.8 Å². The fraction of sp³-hybridized carbons (Fsp3) is 0.333. The summed E-state index contributed by atoms with van der Waals surface area (Å²) in [6.45, 7) is 1.93. The van der Waals surface area contributed by atoms with Gasteiger partial charge in [-0.05, 0) is 18.6 Å². The smallest absolute Gasteiger partial charge is 0.172 e. The standard InChI is InChI=1S/C12H15N3OS/c1-3-11(16)10-5-4-9(8-14-10)17-12-13-6-7-15(12)2/h4-8,11,16H,3H2,1-2H3/t11-/m0/s1. The molecule has 0 aliphatic carbocycles. The molecule has 2 rings (SSSR count). The molecule has 0 unspecified atom stereocenters. The van der Waals surface area contributed by atoms with Gasteiger partial charge in [0.2, 0.25) is 0 Å². The molecule has 5 heteroatoms. The molecule has 0 fully saturated rings. The number of aryl methyl sites for hydroxylation is 1. The predicted molar refractivity (Wildman–Crippen MR) is 66.8 cm³/mol. The molecule has 0 spiro atoms. The molecular weight excluding hydrogens is 234 g/mol. The molecule has 2 aromatic heterocycles. The second-order valence-corrected chi connectivity index (χ2v) is 4.81. The number of imidazole rings is 1. The van der Waals surface area contributed by atoms with Crippen LogP contribution >= 0.6 is 11.8 Å². The Kier molecular flexibility index (Phi) is 3.81. The average Bonchev–Trinajstić information content (AvgIpc) is 2.75. The van der Waals surface area contributed by atoms with E-state index >= 15 is 0 Å². The number of nitrogens with zero attached hydrogens (tertiary/aromatic N) is 3. The summed E-state index contributed by atoms with van der Waals surface area (Å²) in [5.74, 6) is 0. The summed E-state index contributed by atoms with van der Waals surface area (Å²) in [5, 5.41) is 10.6. The molecule has 2 heterocycles. The van der Waals surface area contributed by atoms with E-state index in [1.54, 1.807) is 24.2 Å². The number of hydrogen-bond donors (Lipinski definition) is 1. The van der Waals surface area contributed by atoms with E-state index < -0.39 is 6.10 Å². The average molecular weight is 249 g/mol. The summed E-state index contributed by atoms with van der Waals surface area (Å²) in [7, 11) is 1.96. The number of pyridine rings is 1. The highest BCUT2D eigenvalue weighted by Crippen LogP contribution is 2.26. The third-order valence-electron chi connectivity index (χ3n) is 2.47. The van der Waals surface area contributed by atoms with Crippen molar-refractivity contribution < 1.29 is 5.11 Å². The van der Waals surface area contributed by atoms with E-state index in [0.29, 0.717) is 6.42 Å². The highest BCUT2D eigenvalue weighted by atomic mass is 32.2. The molecule has 0 saturated heterocycles. The molecule has 0 bridgehead atoms. The Balaban J connectivity index is 2.11. The van der Waals surface area contributed by atoms with Gasteiger partial charge in [-0.2, -0.15) is 0 Å². The second-order valence-electron chi connectivity index (χ2n) is 3.77. The Morgan fingerprint density at radius 2 is 2.24 bits per heavy atom. The van der Waals surface area contributed by atoms with Crippen molar-refractivity contribution in [3.63, 3.8) is 0 Å². The Morgan fingerprint density at radius 1 is 1.41 bits per heavy atom. The number of aromatic nitrogens is 3. The SMILES string of the molecule is CC[C@H](O)c1ccc(Sc2nccn2C)cn1. The van der Waals surface area contributed by atoms with Crippen LogP contribution in [-0.4, -0.2) is 19.6 Å². The highest BCUT2D eigenvalue weighted by molar-refractivity contribution is 7.99. The zero-order valence-electron chi connectivity index (χ0n) is 9.87. The number of hydrogen-bond acceptors (Lipinski definition) is 4. The van der Waals surface area contributed by atoms with Gasteiger partial charge in [0, 0.05) is 30.5 Å². The van der Waals surface area contributed by atoms with E-state index in [-0.39, 0.29) is 0 Å². The lowest BCUT2D eigenvalue weighted by atomic mass is 10.2. The zero-order valence-corrected chi connectivity index (χ0v) is 10.7. The summed E-state index contributed by atoms with van der Waals surface area (Å²) < 4.78 is 1.96. The van der Waals surface area contributed by atoms with Crippen molar-refractivity contribution in [2.75, 3.05) is 0 Å². The zero-order chi connectivity index (χ0) is 12.3. The fourth-order valence-corrected chi connectivity index (χ4v) is 2.18. The number of rotatable bonds is 4. The van der Waals surface area contributed by atoms with E-state index in [1.807, 2.05) is 36.9 Å². The van der Waals surface area contributed by atoms with E-state index in [9.17, 15) is 5.11 Å². The molecular formula is C12H15N3OS. The molecule has 2 aromatic rings. The quantitative estimate of drug-likeness (QED) is 0.904. The van der Waals surface area contributed by atoms with E-state index in [4.69, 9.17) is 0 Å². The van der Waals surface area contributed by atoms with Gasteiger partial charge >= 0.3 is 0 Å². The molecule has 90 valence electrons. The Hall–Kier alpha value is -1.33. The van der Waals surface area contributed by atoms with E-state index in [0.717, 1.165) is 15.7 Å². The minimum absolute atomic E-state index is 0.470. The molecule has 0 aliphatic heterocycles. The molecule has 1 atom stereocenters. The molecule has 0 radical (unpaired) electrons. The van der Waals surface area contributed by atoms with E-state index in [1.165, 1.54) is 0 Å². The van der Waals surface area contributed by atoms with Crippen LogP contribution in [0, 0.1) is 0 Å². The first kappa shape index (κ1) is 12.1. The van der Waals surface area contributed by atoms with Crippen molar-refractivity contribution >= 4 is 11.8 Å². The van der Waals surface area contributed by atoms with Gasteiger partial charge in [-0.25, -0.2) is 4.98 Å². The molecule has 0 saturated carbocycles. The van der Waals surface area contributed by atoms with Crippen LogP contribution in [0.2, 0.25) is 0 Å². The summed E-state index contributed by atoms with van der Waals surface area (Å²) in [4.78, 5) is 9.51. The predicted octanol–water partition coefficient (Wildman–Crippen LogP) is 2.41. The molecule has 17 heavy (non-hydrogen) atoms. The topological polar surface area (TPSA) is 50.9 Å². The van der Waals surface area contributed by atoms with Crippen molar-refractivity contribution in [3.05, 3.63) is 36.4 Å². The largest absolute Gasteiger partial charge is 0.387 e. The first-order valence-corrected chi connectivity index (χ1v) is 6.31. The van der Waals surface area contributed by atoms with Gasteiger partial charge in [-0.15, -0.1) is 0 Å². The Labute approximate surface area is 105 Å². The van der Waals surface area contributed by atoms with Crippen LogP contribution in [0.15, 0.2) is 40.8 Å². The Bertz CT molecular complexity index is 481. The van der Waals surface area contributed by atoms with Gasteiger partial charge in [-0.3, -0.25) is 4.98 Å². The summed E-state index contributed by atoms with van der Waals surface area (Å²) in [5.41, 5.74) is 0.719. The van der Waals surface area contributed by atoms with Gasteiger partial charge in [0.1, 0.15) is 0 Å². The van der Waals surface area contributed by atoms with Crippen LogP contribution < -0.4 is 0 Å². The van der Waals surface area contributed by atoms with Gasteiger partial charge in [0.15, 0.2) is 5.16 Å². The van der Waals surface area contributed by atoms with Crippen LogP contribution in [0.25, 0.3) is 0 Å². The third kappa shape index (κ3) is 2.87. The van der Waals surface area contributed by atoms with Gasteiger partial charge < -0.3 is 9.67 Å². The van der Waals surface area contributed by atoms with Crippen molar-refractivity contribution in [3.8, 4) is 0 Å². The second kappa shape index (κ2) is 5.33. The third-order valence-corrected chi connectivity index (χ3v) is 3.53. The minimum atomic E-state index is -0.470. The molecule has 0 aliphatic rings. The fourth-order valence-electron chi connectivity index (χ4n) is 1.41. The van der Waals surface area contributed by atoms with Crippen LogP contribution in [0.5, 0.6) is 0 Å². The lowest BCUT2D eigenvalue weighted by Crippen LogP contribution is -1.98. The van der Waals surface area contributed by atoms with Crippen molar-refractivity contribution in [2.45, 2.75) is 29.5 Å². The maximum Gasteiger partial charge on any atom is 0.172 e. The monoisotopic (exact) mass is 249 g/mol. The van der Waals surface area contributed by atoms with Crippen LogP contribution in [0.1, 0.15) is 25.1 Å². The lowest BCUT2D eigenvalue weighted by molar-refractivity contribution is 0.169.